The van der Waals surface area contributed by atoms with Crippen LogP contribution in [0.5, 0.6) is 0 Å². The molecule has 0 heteroatoms. The largest absolute Gasteiger partial charge is 0.0619 e. The van der Waals surface area contributed by atoms with Gasteiger partial charge in [0.1, 0.15) is 0 Å². The summed E-state index contributed by atoms with van der Waals surface area (Å²) in [6.07, 6.45) is 0. The van der Waals surface area contributed by atoms with Crippen molar-refractivity contribution < 1.29 is 0 Å². The second kappa shape index (κ2) is 5.32. The van der Waals surface area contributed by atoms with E-state index in [9.17, 15) is 0 Å². The zero-order valence-electron chi connectivity index (χ0n) is 15.5. The van der Waals surface area contributed by atoms with Crippen molar-refractivity contribution in [3.8, 4) is 22.3 Å². The van der Waals surface area contributed by atoms with Crippen molar-refractivity contribution in [3.05, 3.63) is 95.6 Å². The highest BCUT2D eigenvalue weighted by Crippen LogP contribution is 2.49. The lowest BCUT2D eigenvalue weighted by atomic mass is 9.81. The lowest BCUT2D eigenvalue weighted by molar-refractivity contribution is 0.660. The van der Waals surface area contributed by atoms with Gasteiger partial charge in [-0.3, -0.25) is 0 Å². The standard InChI is InChI=1S/C26H22/c1-17-8-6-12-21-19(17)10-7-11-20(21)18-14-15-23-22-9-4-5-13-24(22)26(2,3)25(23)16-18/h4-16H,1-3H3. The highest BCUT2D eigenvalue weighted by Gasteiger charge is 2.35. The van der Waals surface area contributed by atoms with Gasteiger partial charge in [-0.25, -0.2) is 0 Å². The van der Waals surface area contributed by atoms with Gasteiger partial charge in [-0.2, -0.15) is 0 Å². The third kappa shape index (κ3) is 2.02. The number of rotatable bonds is 1. The molecule has 0 bridgehead atoms. The molecule has 4 aromatic carbocycles. The van der Waals surface area contributed by atoms with Gasteiger partial charge >= 0.3 is 0 Å². The average Bonchev–Trinajstić information content (AvgIpc) is 2.89. The highest BCUT2D eigenvalue weighted by molar-refractivity contribution is 5.99. The lowest BCUT2D eigenvalue weighted by Gasteiger charge is -2.22. The van der Waals surface area contributed by atoms with E-state index < -0.39 is 0 Å². The van der Waals surface area contributed by atoms with E-state index in [2.05, 4.69) is 99.6 Å². The minimum absolute atomic E-state index is 0.0441. The Labute approximate surface area is 155 Å². The number of hydrogen-bond acceptors (Lipinski definition) is 0. The minimum atomic E-state index is 0.0441. The van der Waals surface area contributed by atoms with Crippen molar-refractivity contribution in [2.75, 3.05) is 0 Å². The van der Waals surface area contributed by atoms with Crippen molar-refractivity contribution >= 4 is 10.8 Å². The molecule has 1 aliphatic carbocycles. The van der Waals surface area contributed by atoms with E-state index in [1.54, 1.807) is 0 Å². The van der Waals surface area contributed by atoms with Crippen LogP contribution in [-0.4, -0.2) is 0 Å². The summed E-state index contributed by atoms with van der Waals surface area (Å²) in [6.45, 7) is 6.87. The number of aryl methyl sites for hydroxylation is 1. The molecular formula is C26H22. The second-order valence-electron chi connectivity index (χ2n) is 7.91. The van der Waals surface area contributed by atoms with Crippen molar-refractivity contribution in [1.29, 1.82) is 0 Å². The van der Waals surface area contributed by atoms with Gasteiger partial charge < -0.3 is 0 Å². The van der Waals surface area contributed by atoms with E-state index in [0.29, 0.717) is 0 Å². The summed E-state index contributed by atoms with van der Waals surface area (Å²) in [5, 5.41) is 2.67. The van der Waals surface area contributed by atoms with Crippen LogP contribution in [0.3, 0.4) is 0 Å². The third-order valence-corrected chi connectivity index (χ3v) is 6.03. The van der Waals surface area contributed by atoms with E-state index in [0.717, 1.165) is 0 Å². The maximum atomic E-state index is 2.41. The Morgan fingerprint density at radius 3 is 2.15 bits per heavy atom. The Hall–Kier alpha value is -2.86. The molecule has 0 unspecified atom stereocenters. The van der Waals surface area contributed by atoms with Crippen LogP contribution in [-0.2, 0) is 5.41 Å². The van der Waals surface area contributed by atoms with Crippen LogP contribution >= 0.6 is 0 Å². The molecule has 0 fully saturated rings. The molecule has 0 aromatic heterocycles. The van der Waals surface area contributed by atoms with Crippen LogP contribution in [0.2, 0.25) is 0 Å². The van der Waals surface area contributed by atoms with Crippen LogP contribution in [0.1, 0.15) is 30.5 Å². The van der Waals surface area contributed by atoms with Crippen LogP contribution in [0.4, 0.5) is 0 Å². The normalized spacial score (nSPS) is 14.3. The molecule has 0 aliphatic heterocycles. The molecule has 0 nitrogen and oxygen atoms in total. The molecule has 0 spiro atoms. The van der Waals surface area contributed by atoms with Gasteiger partial charge in [-0.05, 0) is 62.7 Å². The van der Waals surface area contributed by atoms with Crippen LogP contribution in [0.25, 0.3) is 33.0 Å². The van der Waals surface area contributed by atoms with E-state index in [-0.39, 0.29) is 5.41 Å². The topological polar surface area (TPSA) is 0 Å². The first-order chi connectivity index (χ1) is 12.6. The van der Waals surface area contributed by atoms with Gasteiger partial charge in [0.15, 0.2) is 0 Å². The highest BCUT2D eigenvalue weighted by atomic mass is 14.4. The van der Waals surface area contributed by atoms with Crippen LogP contribution < -0.4 is 0 Å². The smallest absolute Gasteiger partial charge is 0.0159 e. The summed E-state index contributed by atoms with van der Waals surface area (Å²) < 4.78 is 0. The van der Waals surface area contributed by atoms with Gasteiger partial charge in [0.25, 0.3) is 0 Å². The first kappa shape index (κ1) is 15.4. The fourth-order valence-corrected chi connectivity index (χ4v) is 4.59. The summed E-state index contributed by atoms with van der Waals surface area (Å²) in [4.78, 5) is 0. The quantitative estimate of drug-likeness (QED) is 0.347. The Bertz CT molecular complexity index is 1160. The van der Waals surface area contributed by atoms with Crippen LogP contribution in [0.15, 0.2) is 78.9 Å². The van der Waals surface area contributed by atoms with Gasteiger partial charge in [0, 0.05) is 5.41 Å². The lowest BCUT2D eigenvalue weighted by Crippen LogP contribution is -2.14. The number of hydrogen-bond donors (Lipinski definition) is 0. The molecule has 0 amide bonds. The SMILES string of the molecule is Cc1cccc2c(-c3ccc4c(c3)C(C)(C)c3ccccc3-4)cccc12. The predicted molar refractivity (Wildman–Crippen MR) is 112 cm³/mol. The Balaban J connectivity index is 1.76. The van der Waals surface area contributed by atoms with E-state index in [4.69, 9.17) is 0 Å². The molecule has 0 radical (unpaired) electrons. The summed E-state index contributed by atoms with van der Waals surface area (Å²) in [5.74, 6) is 0. The predicted octanol–water partition coefficient (Wildman–Crippen LogP) is 7.12. The zero-order chi connectivity index (χ0) is 17.9. The van der Waals surface area contributed by atoms with Crippen LogP contribution in [0, 0.1) is 6.92 Å². The summed E-state index contributed by atoms with van der Waals surface area (Å²) >= 11 is 0. The number of benzene rings is 4. The van der Waals surface area contributed by atoms with E-state index >= 15 is 0 Å². The summed E-state index contributed by atoms with van der Waals surface area (Å²) in [5.41, 5.74) is 9.63. The maximum Gasteiger partial charge on any atom is 0.0159 e. The fraction of sp³-hybridized carbons (Fsp3) is 0.154. The average molecular weight is 334 g/mol. The van der Waals surface area contributed by atoms with Crippen molar-refractivity contribution in [3.63, 3.8) is 0 Å². The molecule has 1 aliphatic rings. The van der Waals surface area contributed by atoms with Gasteiger partial charge in [0.05, 0.1) is 0 Å². The summed E-state index contributed by atoms with van der Waals surface area (Å²) in [7, 11) is 0. The molecule has 0 saturated heterocycles. The third-order valence-electron chi connectivity index (χ3n) is 6.03. The molecule has 5 rings (SSSR count). The molecule has 0 saturated carbocycles. The van der Waals surface area contributed by atoms with Crippen molar-refractivity contribution in [2.45, 2.75) is 26.2 Å². The molecule has 0 atom stereocenters. The van der Waals surface area contributed by atoms with Crippen molar-refractivity contribution in [2.24, 2.45) is 0 Å². The number of fused-ring (bicyclic) bond motifs is 4. The first-order valence-electron chi connectivity index (χ1n) is 9.30. The Kier molecular flexibility index (Phi) is 3.15. The monoisotopic (exact) mass is 334 g/mol. The molecule has 26 heavy (non-hydrogen) atoms. The fourth-order valence-electron chi connectivity index (χ4n) is 4.59. The maximum absolute atomic E-state index is 2.41. The van der Waals surface area contributed by atoms with E-state index in [1.807, 2.05) is 0 Å². The molecular weight excluding hydrogens is 312 g/mol. The molecule has 126 valence electrons. The second-order valence-corrected chi connectivity index (χ2v) is 7.91. The van der Waals surface area contributed by atoms with E-state index in [1.165, 1.54) is 49.7 Å². The molecule has 4 aromatic rings. The van der Waals surface area contributed by atoms with Gasteiger partial charge in [0.2, 0.25) is 0 Å². The Morgan fingerprint density at radius 2 is 1.27 bits per heavy atom. The zero-order valence-corrected chi connectivity index (χ0v) is 15.5. The van der Waals surface area contributed by atoms with Gasteiger partial charge in [-0.15, -0.1) is 0 Å². The molecule has 0 N–H and O–H groups in total. The summed E-state index contributed by atoms with van der Waals surface area (Å²) in [6, 6.07) is 29.1. The van der Waals surface area contributed by atoms with Gasteiger partial charge in [-0.1, -0.05) is 86.6 Å². The molecule has 0 heterocycles. The van der Waals surface area contributed by atoms with Crippen molar-refractivity contribution in [1.82, 2.24) is 0 Å². The first-order valence-corrected chi connectivity index (χ1v) is 9.30. The Morgan fingerprint density at radius 1 is 0.577 bits per heavy atom. The minimum Gasteiger partial charge on any atom is -0.0619 e.